The first kappa shape index (κ1) is 23.0. The Morgan fingerprint density at radius 1 is 0.944 bits per heavy atom. The molecule has 3 aromatic carbocycles. The van der Waals surface area contributed by atoms with Crippen LogP contribution in [0.3, 0.4) is 0 Å². The van der Waals surface area contributed by atoms with Crippen LogP contribution in [-0.4, -0.2) is 39.6 Å². The summed E-state index contributed by atoms with van der Waals surface area (Å²) in [5.41, 5.74) is 5.80. The molecule has 7 rings (SSSR count). The number of para-hydroxylation sites is 2. The molecule has 7 nitrogen and oxygen atoms in total. The molecule has 2 aromatic heterocycles. The number of rotatable bonds is 2. The Morgan fingerprint density at radius 2 is 1.67 bits per heavy atom. The molecule has 0 saturated carbocycles. The molecule has 1 atom stereocenters. The topological polar surface area (TPSA) is 88.2 Å². The van der Waals surface area contributed by atoms with Gasteiger partial charge in [-0.3, -0.25) is 14.9 Å². The van der Waals surface area contributed by atoms with Crippen molar-refractivity contribution in [2.45, 2.75) is 45.5 Å². The van der Waals surface area contributed by atoms with Crippen molar-refractivity contribution in [2.75, 3.05) is 6.61 Å². The van der Waals surface area contributed by atoms with Gasteiger partial charge in [-0.15, -0.1) is 12.4 Å². The molecule has 2 aliphatic rings. The van der Waals surface area contributed by atoms with E-state index in [1.807, 2.05) is 30.3 Å². The van der Waals surface area contributed by atoms with Gasteiger partial charge in [-0.05, 0) is 32.4 Å². The van der Waals surface area contributed by atoms with E-state index in [1.165, 1.54) is 5.56 Å². The number of ether oxygens (including phenoxy) is 1. The number of benzene rings is 3. The maximum absolute atomic E-state index is 13.2. The Labute approximate surface area is 213 Å². The fourth-order valence-corrected chi connectivity index (χ4v) is 5.84. The third-order valence-corrected chi connectivity index (χ3v) is 7.24. The molecule has 4 heterocycles. The molecule has 8 heteroatoms. The van der Waals surface area contributed by atoms with Crippen LogP contribution < -0.4 is 10.6 Å². The highest BCUT2D eigenvalue weighted by Gasteiger charge is 2.36. The van der Waals surface area contributed by atoms with Crippen LogP contribution in [0.25, 0.3) is 43.6 Å². The van der Waals surface area contributed by atoms with Gasteiger partial charge in [0.1, 0.15) is 0 Å². The van der Waals surface area contributed by atoms with Crippen LogP contribution in [0.5, 0.6) is 0 Å². The number of H-pyrrole nitrogens is 1. The van der Waals surface area contributed by atoms with Crippen LogP contribution >= 0.6 is 12.4 Å². The summed E-state index contributed by atoms with van der Waals surface area (Å²) in [5, 5.41) is 9.83. The average molecular weight is 503 g/mol. The number of nitrogens with zero attached hydrogens (tertiary/aromatic N) is 1. The van der Waals surface area contributed by atoms with Crippen molar-refractivity contribution in [3.63, 3.8) is 0 Å². The maximum Gasteiger partial charge on any atom is 0.259 e. The second-order valence-corrected chi connectivity index (χ2v) is 10.6. The fraction of sp³-hybridized carbons (Fsp3) is 0.286. The van der Waals surface area contributed by atoms with Crippen LogP contribution in [0, 0.1) is 0 Å². The summed E-state index contributed by atoms with van der Waals surface area (Å²) in [6.45, 7) is 8.15. The van der Waals surface area contributed by atoms with Crippen LogP contribution in [0.1, 0.15) is 47.1 Å². The molecule has 0 unspecified atom stereocenters. The lowest BCUT2D eigenvalue weighted by Crippen LogP contribution is -2.38. The van der Waals surface area contributed by atoms with Crippen molar-refractivity contribution < 1.29 is 14.3 Å². The first-order chi connectivity index (χ1) is 16.8. The van der Waals surface area contributed by atoms with E-state index in [0.29, 0.717) is 30.8 Å². The quantitative estimate of drug-likeness (QED) is 0.296. The van der Waals surface area contributed by atoms with Crippen LogP contribution in [0.4, 0.5) is 0 Å². The Balaban J connectivity index is 0.00000240. The number of hydrogen-bond donors (Lipinski definition) is 3. The Morgan fingerprint density at radius 3 is 2.44 bits per heavy atom. The smallest absolute Gasteiger partial charge is 0.259 e. The molecule has 184 valence electrons. The minimum atomic E-state index is -0.330. The summed E-state index contributed by atoms with van der Waals surface area (Å²) in [6, 6.07) is 14.3. The highest BCUT2D eigenvalue weighted by atomic mass is 35.5. The van der Waals surface area contributed by atoms with Crippen LogP contribution in [-0.2, 0) is 17.8 Å². The van der Waals surface area contributed by atoms with E-state index in [-0.39, 0.29) is 35.9 Å². The largest absolute Gasteiger partial charge is 0.374 e. The summed E-state index contributed by atoms with van der Waals surface area (Å²) in [5.74, 6) is -0.654. The molecule has 5 aromatic rings. The molecule has 0 radical (unpaired) electrons. The lowest BCUT2D eigenvalue weighted by atomic mass is 9.96. The number of carbonyl (C=O) groups is 2. The average Bonchev–Trinajstić information content (AvgIpc) is 3.39. The zero-order valence-electron chi connectivity index (χ0n) is 20.3. The van der Waals surface area contributed by atoms with E-state index < -0.39 is 0 Å². The molecule has 0 bridgehead atoms. The van der Waals surface area contributed by atoms with E-state index in [1.54, 1.807) is 0 Å². The van der Waals surface area contributed by atoms with Crippen molar-refractivity contribution in [3.05, 3.63) is 59.2 Å². The molecule has 0 fully saturated rings. The summed E-state index contributed by atoms with van der Waals surface area (Å²) >= 11 is 0. The van der Waals surface area contributed by atoms with Gasteiger partial charge < -0.3 is 19.6 Å². The second kappa shape index (κ2) is 7.80. The minimum Gasteiger partial charge on any atom is -0.374 e. The summed E-state index contributed by atoms with van der Waals surface area (Å²) < 4.78 is 8.48. The van der Waals surface area contributed by atoms with E-state index >= 15 is 0 Å². The molecular weight excluding hydrogens is 476 g/mol. The zero-order valence-corrected chi connectivity index (χ0v) is 21.1. The summed E-state index contributed by atoms with van der Waals surface area (Å²) in [6.07, 6.45) is 0. The number of aromatic amines is 1. The highest BCUT2D eigenvalue weighted by molar-refractivity contribution is 6.39. The molecule has 3 N–H and O–H groups in total. The molecule has 0 aliphatic carbocycles. The van der Waals surface area contributed by atoms with Gasteiger partial charge in [0, 0.05) is 46.2 Å². The lowest BCUT2D eigenvalue weighted by molar-refractivity contribution is -0.0161. The van der Waals surface area contributed by atoms with Gasteiger partial charge in [0.15, 0.2) is 0 Å². The SMILES string of the molecule is CC(C)(C)OC[C@H]1Cn2c3c(cccc3c3c4c(c5c6ccccc6[nH]c5c32)C(=O)NC4=O)CN1.Cl. The second-order valence-electron chi connectivity index (χ2n) is 10.6. The standard InChI is InChI=1S/C28H26N4O3.ClH/c1-28(2,3)35-13-15-12-32-24-14(11-29-15)7-6-9-17(24)20-22-21(26(33)31-27(22)34)19-16-8-4-5-10-18(16)30-23(19)25(20)32;/h4-10,15,29-30H,11-13H2,1-3H3,(H,31,33,34);1H/t15-;/m1./s1. The van der Waals surface area contributed by atoms with Gasteiger partial charge in [0.25, 0.3) is 11.8 Å². The van der Waals surface area contributed by atoms with Crippen molar-refractivity contribution in [3.8, 4) is 0 Å². The zero-order chi connectivity index (χ0) is 24.1. The first-order valence-corrected chi connectivity index (χ1v) is 12.0. The number of amides is 2. The molecule has 0 spiro atoms. The number of aromatic nitrogens is 2. The third kappa shape index (κ3) is 3.13. The van der Waals surface area contributed by atoms with Gasteiger partial charge >= 0.3 is 0 Å². The van der Waals surface area contributed by atoms with Crippen molar-refractivity contribution in [1.82, 2.24) is 20.2 Å². The van der Waals surface area contributed by atoms with E-state index in [4.69, 9.17) is 4.74 Å². The molecule has 2 aliphatic heterocycles. The van der Waals surface area contributed by atoms with Crippen molar-refractivity contribution in [2.24, 2.45) is 0 Å². The number of nitrogens with one attached hydrogen (secondary N) is 3. The fourth-order valence-electron chi connectivity index (χ4n) is 5.84. The number of imide groups is 1. The van der Waals surface area contributed by atoms with Crippen LogP contribution in [0.15, 0.2) is 42.5 Å². The third-order valence-electron chi connectivity index (χ3n) is 7.24. The van der Waals surface area contributed by atoms with Gasteiger partial charge in [0.2, 0.25) is 0 Å². The Bertz CT molecular complexity index is 1740. The van der Waals surface area contributed by atoms with Crippen LogP contribution in [0.2, 0.25) is 0 Å². The molecule has 0 saturated heterocycles. The monoisotopic (exact) mass is 502 g/mol. The van der Waals surface area contributed by atoms with Gasteiger partial charge in [-0.25, -0.2) is 0 Å². The Hall–Kier alpha value is -3.39. The number of hydrogen-bond acceptors (Lipinski definition) is 4. The van der Waals surface area contributed by atoms with Crippen molar-refractivity contribution >= 4 is 67.8 Å². The van der Waals surface area contributed by atoms with E-state index in [9.17, 15) is 9.59 Å². The number of carbonyl (C=O) groups excluding carboxylic acids is 2. The predicted octanol–water partition coefficient (Wildman–Crippen LogP) is 5.02. The van der Waals surface area contributed by atoms with Gasteiger partial charge in [0.05, 0.1) is 39.9 Å². The normalized spacial score (nSPS) is 17.6. The molecular formula is C28H27ClN4O3. The molecule has 2 amide bonds. The summed E-state index contributed by atoms with van der Waals surface area (Å²) in [7, 11) is 0. The van der Waals surface area contributed by atoms with E-state index in [2.05, 4.69) is 53.1 Å². The lowest BCUT2D eigenvalue weighted by Gasteiger charge is -2.25. The highest BCUT2D eigenvalue weighted by Crippen LogP contribution is 2.44. The molecule has 36 heavy (non-hydrogen) atoms. The van der Waals surface area contributed by atoms with Crippen molar-refractivity contribution in [1.29, 1.82) is 0 Å². The van der Waals surface area contributed by atoms with E-state index in [0.717, 1.165) is 43.6 Å². The first-order valence-electron chi connectivity index (χ1n) is 12.0. The van der Waals surface area contributed by atoms with Gasteiger partial charge in [-0.1, -0.05) is 36.4 Å². The summed E-state index contributed by atoms with van der Waals surface area (Å²) in [4.78, 5) is 29.9. The minimum absolute atomic E-state index is 0. The van der Waals surface area contributed by atoms with Gasteiger partial charge in [-0.2, -0.15) is 0 Å². The maximum atomic E-state index is 13.2. The predicted molar refractivity (Wildman–Crippen MR) is 144 cm³/mol. The number of fused-ring (bicyclic) bond motifs is 10. The number of halogens is 1. The Kier molecular flexibility index (Phi) is 4.99.